The molecule has 0 aliphatic carbocycles. The molecular weight excluding hydrogens is 316 g/mol. The maximum atomic E-state index is 12.6. The van der Waals surface area contributed by atoms with Gasteiger partial charge < -0.3 is 20.3 Å². The summed E-state index contributed by atoms with van der Waals surface area (Å²) in [5.41, 5.74) is 7.02. The van der Waals surface area contributed by atoms with Gasteiger partial charge in [0.25, 0.3) is 5.91 Å². The van der Waals surface area contributed by atoms with E-state index in [1.807, 2.05) is 6.07 Å². The standard InChI is InChI=1S/C15H18N4O3S/c1-2-22-15(21)19-7-5-18(6-8-19)13(20)10-3-4-12-11(9-10)17-14(16)23-12/h3-4,9H,2,5-8H2,1H3,(H2,16,17). The monoisotopic (exact) mass is 334 g/mol. The largest absolute Gasteiger partial charge is 0.450 e. The number of aromatic nitrogens is 1. The molecule has 0 atom stereocenters. The molecule has 0 unspecified atom stereocenters. The quantitative estimate of drug-likeness (QED) is 0.904. The van der Waals surface area contributed by atoms with E-state index >= 15 is 0 Å². The third kappa shape index (κ3) is 3.21. The van der Waals surface area contributed by atoms with Crippen molar-refractivity contribution < 1.29 is 14.3 Å². The minimum atomic E-state index is -0.320. The molecule has 122 valence electrons. The number of anilines is 1. The van der Waals surface area contributed by atoms with Gasteiger partial charge in [0.15, 0.2) is 5.13 Å². The first-order valence-electron chi connectivity index (χ1n) is 7.45. The number of benzene rings is 1. The van der Waals surface area contributed by atoms with Crippen LogP contribution < -0.4 is 5.73 Å². The van der Waals surface area contributed by atoms with E-state index < -0.39 is 0 Å². The molecule has 0 radical (unpaired) electrons. The fourth-order valence-electron chi connectivity index (χ4n) is 2.57. The predicted molar refractivity (Wildman–Crippen MR) is 88.5 cm³/mol. The highest BCUT2D eigenvalue weighted by Crippen LogP contribution is 2.25. The van der Waals surface area contributed by atoms with Crippen LogP contribution in [0, 0.1) is 0 Å². The van der Waals surface area contributed by atoms with Crippen LogP contribution in [-0.4, -0.2) is 59.6 Å². The minimum absolute atomic E-state index is 0.0537. The van der Waals surface area contributed by atoms with Crippen LogP contribution >= 0.6 is 11.3 Å². The fourth-order valence-corrected chi connectivity index (χ4v) is 3.28. The SMILES string of the molecule is CCOC(=O)N1CCN(C(=O)c2ccc3sc(N)nc3c2)CC1. The number of hydrogen-bond acceptors (Lipinski definition) is 6. The predicted octanol–water partition coefficient (Wildman–Crippen LogP) is 1.79. The van der Waals surface area contributed by atoms with E-state index in [-0.39, 0.29) is 12.0 Å². The molecule has 2 heterocycles. The van der Waals surface area contributed by atoms with Gasteiger partial charge in [0.05, 0.1) is 16.8 Å². The van der Waals surface area contributed by atoms with E-state index in [2.05, 4.69) is 4.98 Å². The molecule has 2 amide bonds. The maximum Gasteiger partial charge on any atom is 0.409 e. The van der Waals surface area contributed by atoms with Crippen molar-refractivity contribution >= 4 is 38.7 Å². The van der Waals surface area contributed by atoms with Crippen molar-refractivity contribution in [3.8, 4) is 0 Å². The number of piperazine rings is 1. The lowest BCUT2D eigenvalue weighted by Crippen LogP contribution is -2.50. The summed E-state index contributed by atoms with van der Waals surface area (Å²) in [4.78, 5) is 31.8. The fraction of sp³-hybridized carbons (Fsp3) is 0.400. The van der Waals surface area contributed by atoms with Crippen molar-refractivity contribution in [1.82, 2.24) is 14.8 Å². The Morgan fingerprint density at radius 3 is 2.65 bits per heavy atom. The Balaban J connectivity index is 1.67. The highest BCUT2D eigenvalue weighted by molar-refractivity contribution is 7.22. The molecule has 23 heavy (non-hydrogen) atoms. The molecule has 0 saturated carbocycles. The highest BCUT2D eigenvalue weighted by atomic mass is 32.1. The number of carbonyl (C=O) groups excluding carboxylic acids is 2. The maximum absolute atomic E-state index is 12.6. The van der Waals surface area contributed by atoms with Crippen LogP contribution in [-0.2, 0) is 4.74 Å². The van der Waals surface area contributed by atoms with E-state index in [0.29, 0.717) is 43.5 Å². The molecule has 2 aromatic rings. The first-order chi connectivity index (χ1) is 11.1. The van der Waals surface area contributed by atoms with E-state index in [4.69, 9.17) is 10.5 Å². The topological polar surface area (TPSA) is 88.8 Å². The number of ether oxygens (including phenoxy) is 1. The summed E-state index contributed by atoms with van der Waals surface area (Å²) < 4.78 is 5.94. The highest BCUT2D eigenvalue weighted by Gasteiger charge is 2.25. The number of rotatable bonds is 2. The summed E-state index contributed by atoms with van der Waals surface area (Å²) in [6.07, 6.45) is -0.320. The molecule has 0 bridgehead atoms. The van der Waals surface area contributed by atoms with Crippen molar-refractivity contribution in [3.05, 3.63) is 23.8 Å². The van der Waals surface area contributed by atoms with Crippen LogP contribution in [0.2, 0.25) is 0 Å². The molecule has 7 nitrogen and oxygen atoms in total. The van der Waals surface area contributed by atoms with Gasteiger partial charge in [-0.2, -0.15) is 0 Å². The molecule has 1 fully saturated rings. The Bertz CT molecular complexity index is 737. The van der Waals surface area contributed by atoms with E-state index in [0.717, 1.165) is 10.2 Å². The Hall–Kier alpha value is -2.35. The molecule has 1 aromatic carbocycles. The van der Waals surface area contributed by atoms with Crippen LogP contribution in [0.3, 0.4) is 0 Å². The number of nitrogens with zero attached hydrogens (tertiary/aromatic N) is 3. The van der Waals surface area contributed by atoms with Gasteiger partial charge in [-0.3, -0.25) is 4.79 Å². The lowest BCUT2D eigenvalue weighted by Gasteiger charge is -2.34. The first-order valence-corrected chi connectivity index (χ1v) is 8.27. The van der Waals surface area contributed by atoms with E-state index in [1.165, 1.54) is 11.3 Å². The molecule has 3 rings (SSSR count). The number of nitrogens with two attached hydrogens (primary N) is 1. The smallest absolute Gasteiger partial charge is 0.409 e. The second-order valence-corrected chi connectivity index (χ2v) is 6.28. The summed E-state index contributed by atoms with van der Waals surface area (Å²) in [6.45, 7) is 4.09. The third-order valence-corrected chi connectivity index (χ3v) is 4.61. The van der Waals surface area contributed by atoms with Gasteiger partial charge in [-0.1, -0.05) is 11.3 Å². The van der Waals surface area contributed by atoms with E-state index in [1.54, 1.807) is 28.9 Å². The minimum Gasteiger partial charge on any atom is -0.450 e. The summed E-state index contributed by atoms with van der Waals surface area (Å²) in [7, 11) is 0. The molecule has 8 heteroatoms. The Morgan fingerprint density at radius 2 is 1.96 bits per heavy atom. The summed E-state index contributed by atoms with van der Waals surface area (Å²) >= 11 is 1.40. The average molecular weight is 334 g/mol. The van der Waals surface area contributed by atoms with Crippen molar-refractivity contribution in [1.29, 1.82) is 0 Å². The van der Waals surface area contributed by atoms with Crippen molar-refractivity contribution in [3.63, 3.8) is 0 Å². The number of fused-ring (bicyclic) bond motifs is 1. The lowest BCUT2D eigenvalue weighted by molar-refractivity contribution is 0.0570. The van der Waals surface area contributed by atoms with Crippen LogP contribution in [0.4, 0.5) is 9.93 Å². The van der Waals surface area contributed by atoms with Gasteiger partial charge >= 0.3 is 6.09 Å². The van der Waals surface area contributed by atoms with Crippen LogP contribution in [0.5, 0.6) is 0 Å². The molecule has 1 aliphatic heterocycles. The normalized spacial score (nSPS) is 15.0. The van der Waals surface area contributed by atoms with Gasteiger partial charge in [0.2, 0.25) is 0 Å². The number of amides is 2. The first kappa shape index (κ1) is 15.5. The Morgan fingerprint density at radius 1 is 1.26 bits per heavy atom. The van der Waals surface area contributed by atoms with Crippen LogP contribution in [0.1, 0.15) is 17.3 Å². The van der Waals surface area contributed by atoms with Crippen molar-refractivity contribution in [2.75, 3.05) is 38.5 Å². The molecule has 2 N–H and O–H groups in total. The molecule has 0 spiro atoms. The summed E-state index contributed by atoms with van der Waals surface area (Å²) in [6, 6.07) is 5.42. The number of carbonyl (C=O) groups is 2. The average Bonchev–Trinajstić information content (AvgIpc) is 2.93. The molecule has 1 saturated heterocycles. The van der Waals surface area contributed by atoms with Crippen molar-refractivity contribution in [2.24, 2.45) is 0 Å². The van der Waals surface area contributed by atoms with E-state index in [9.17, 15) is 9.59 Å². The number of hydrogen-bond donors (Lipinski definition) is 1. The van der Waals surface area contributed by atoms with Crippen LogP contribution in [0.15, 0.2) is 18.2 Å². The zero-order chi connectivity index (χ0) is 16.4. The summed E-state index contributed by atoms with van der Waals surface area (Å²) in [5, 5.41) is 0.493. The summed E-state index contributed by atoms with van der Waals surface area (Å²) in [5.74, 6) is -0.0537. The van der Waals surface area contributed by atoms with Crippen LogP contribution in [0.25, 0.3) is 10.2 Å². The van der Waals surface area contributed by atoms with Gasteiger partial charge in [-0.15, -0.1) is 0 Å². The molecular formula is C15H18N4O3S. The van der Waals surface area contributed by atoms with Gasteiger partial charge in [-0.25, -0.2) is 9.78 Å². The van der Waals surface area contributed by atoms with Gasteiger partial charge in [0, 0.05) is 31.7 Å². The molecule has 1 aliphatic rings. The molecule has 1 aromatic heterocycles. The van der Waals surface area contributed by atoms with Gasteiger partial charge in [0.1, 0.15) is 0 Å². The third-order valence-electron chi connectivity index (χ3n) is 3.74. The van der Waals surface area contributed by atoms with Crippen molar-refractivity contribution in [2.45, 2.75) is 6.92 Å². The lowest BCUT2D eigenvalue weighted by atomic mass is 10.1. The number of nitrogen functional groups attached to an aromatic ring is 1. The number of thiazole rings is 1. The zero-order valence-electron chi connectivity index (χ0n) is 12.8. The Labute approximate surface area is 137 Å². The second-order valence-electron chi connectivity index (χ2n) is 5.21. The Kier molecular flexibility index (Phi) is 4.33. The zero-order valence-corrected chi connectivity index (χ0v) is 13.6. The van der Waals surface area contributed by atoms with Gasteiger partial charge in [-0.05, 0) is 25.1 Å². The second kappa shape index (κ2) is 6.41.